The Morgan fingerprint density at radius 3 is 2.56 bits per heavy atom. The van der Waals surface area contributed by atoms with Crippen molar-refractivity contribution in [2.75, 3.05) is 0 Å². The Kier molecular flexibility index (Phi) is 3.41. The lowest BCUT2D eigenvalue weighted by molar-refractivity contribution is 0.250. The summed E-state index contributed by atoms with van der Waals surface area (Å²) in [5.74, 6) is 1.27. The van der Waals surface area contributed by atoms with Crippen molar-refractivity contribution in [3.8, 4) is 11.4 Å². The Labute approximate surface area is 111 Å². The molecule has 0 radical (unpaired) electrons. The van der Waals surface area contributed by atoms with E-state index in [1.807, 2.05) is 49.6 Å². The molecule has 0 aliphatic heterocycles. The summed E-state index contributed by atoms with van der Waals surface area (Å²) in [6.45, 7) is 6.00. The van der Waals surface area contributed by atoms with Crippen LogP contribution in [0.4, 0.5) is 0 Å². The number of aromatic nitrogens is 3. The highest BCUT2D eigenvalue weighted by Crippen LogP contribution is 2.27. The van der Waals surface area contributed by atoms with Gasteiger partial charge in [0.05, 0.1) is 0 Å². The molecule has 1 N–H and O–H groups in total. The molecule has 0 saturated heterocycles. The van der Waals surface area contributed by atoms with E-state index in [1.165, 1.54) is 0 Å². The van der Waals surface area contributed by atoms with Gasteiger partial charge in [-0.05, 0) is 32.9 Å². The predicted octanol–water partition coefficient (Wildman–Crippen LogP) is 2.85. The second-order valence-electron chi connectivity index (χ2n) is 5.11. The van der Waals surface area contributed by atoms with E-state index >= 15 is 0 Å². The fourth-order valence-electron chi connectivity index (χ4n) is 1.94. The molecule has 2 aromatic rings. The van der Waals surface area contributed by atoms with Gasteiger partial charge in [0.15, 0.2) is 11.6 Å². The summed E-state index contributed by atoms with van der Waals surface area (Å²) in [5, 5.41) is 18.2. The summed E-state index contributed by atoms with van der Waals surface area (Å²) in [5.41, 5.74) is 0.684. The fraction of sp³-hybridized carbons (Fsp3) is 0.385. The van der Waals surface area contributed by atoms with Crippen molar-refractivity contribution in [2.24, 2.45) is 0 Å². The van der Waals surface area contributed by atoms with Gasteiger partial charge < -0.3 is 9.67 Å². The van der Waals surface area contributed by atoms with E-state index < -0.39 is 0 Å². The van der Waals surface area contributed by atoms with Crippen LogP contribution in [0.3, 0.4) is 0 Å². The average Bonchev–Trinajstić information content (AvgIpc) is 2.72. The molecule has 0 atom stereocenters. The third-order valence-electron chi connectivity index (χ3n) is 2.63. The highest BCUT2D eigenvalue weighted by molar-refractivity contribution is 6.30. The SMILES string of the molecule is CC(C)(C)n1c(CO)nnc1-c1cccc(Cl)c1. The van der Waals surface area contributed by atoms with Gasteiger partial charge in [-0.3, -0.25) is 0 Å². The summed E-state index contributed by atoms with van der Waals surface area (Å²) >= 11 is 6.00. The van der Waals surface area contributed by atoms with Crippen LogP contribution in [0.5, 0.6) is 0 Å². The molecule has 1 heterocycles. The highest BCUT2D eigenvalue weighted by atomic mass is 35.5. The number of aliphatic hydroxyl groups is 1. The molecule has 0 aliphatic rings. The van der Waals surface area contributed by atoms with Gasteiger partial charge in [0.1, 0.15) is 6.61 Å². The topological polar surface area (TPSA) is 50.9 Å². The van der Waals surface area contributed by atoms with Crippen molar-refractivity contribution < 1.29 is 5.11 Å². The van der Waals surface area contributed by atoms with Gasteiger partial charge >= 0.3 is 0 Å². The molecule has 4 nitrogen and oxygen atoms in total. The van der Waals surface area contributed by atoms with E-state index in [0.29, 0.717) is 16.7 Å². The van der Waals surface area contributed by atoms with Crippen molar-refractivity contribution in [3.63, 3.8) is 0 Å². The number of benzene rings is 1. The molecular weight excluding hydrogens is 250 g/mol. The predicted molar refractivity (Wildman–Crippen MR) is 71.4 cm³/mol. The molecule has 18 heavy (non-hydrogen) atoms. The van der Waals surface area contributed by atoms with Gasteiger partial charge in [0.25, 0.3) is 0 Å². The first-order chi connectivity index (χ1) is 8.43. The Morgan fingerprint density at radius 1 is 1.28 bits per heavy atom. The normalized spacial score (nSPS) is 11.8. The zero-order valence-corrected chi connectivity index (χ0v) is 11.4. The smallest absolute Gasteiger partial charge is 0.164 e. The van der Waals surface area contributed by atoms with Crippen molar-refractivity contribution in [1.82, 2.24) is 14.8 Å². The summed E-state index contributed by atoms with van der Waals surface area (Å²) in [6, 6.07) is 7.46. The van der Waals surface area contributed by atoms with Gasteiger partial charge in [-0.1, -0.05) is 23.7 Å². The molecule has 96 valence electrons. The van der Waals surface area contributed by atoms with Crippen LogP contribution in [-0.2, 0) is 12.1 Å². The molecular formula is C13H16ClN3O. The Bertz CT molecular complexity index is 558. The average molecular weight is 266 g/mol. The van der Waals surface area contributed by atoms with E-state index in [0.717, 1.165) is 5.56 Å². The number of aliphatic hydroxyl groups excluding tert-OH is 1. The van der Waals surface area contributed by atoms with Crippen molar-refractivity contribution >= 4 is 11.6 Å². The summed E-state index contributed by atoms with van der Waals surface area (Å²) in [7, 11) is 0. The highest BCUT2D eigenvalue weighted by Gasteiger charge is 2.23. The van der Waals surface area contributed by atoms with E-state index in [-0.39, 0.29) is 12.1 Å². The Morgan fingerprint density at radius 2 is 2.00 bits per heavy atom. The zero-order valence-electron chi connectivity index (χ0n) is 10.7. The third kappa shape index (κ3) is 2.40. The summed E-state index contributed by atoms with van der Waals surface area (Å²) < 4.78 is 1.93. The second-order valence-corrected chi connectivity index (χ2v) is 5.55. The maximum atomic E-state index is 9.35. The van der Waals surface area contributed by atoms with E-state index in [9.17, 15) is 5.11 Å². The molecule has 0 fully saturated rings. The monoisotopic (exact) mass is 265 g/mol. The largest absolute Gasteiger partial charge is 0.388 e. The van der Waals surface area contributed by atoms with Crippen LogP contribution >= 0.6 is 11.6 Å². The van der Waals surface area contributed by atoms with Crippen LogP contribution in [0.25, 0.3) is 11.4 Å². The van der Waals surface area contributed by atoms with E-state index in [4.69, 9.17) is 11.6 Å². The Balaban J connectivity index is 2.62. The Hall–Kier alpha value is -1.39. The number of hydrogen-bond acceptors (Lipinski definition) is 3. The standard InChI is InChI=1S/C13H16ClN3O/c1-13(2,3)17-11(8-18)15-16-12(17)9-5-4-6-10(14)7-9/h4-7,18H,8H2,1-3H3. The van der Waals surface area contributed by atoms with Crippen LogP contribution in [0, 0.1) is 0 Å². The molecule has 2 rings (SSSR count). The quantitative estimate of drug-likeness (QED) is 0.908. The van der Waals surface area contributed by atoms with E-state index in [2.05, 4.69) is 10.2 Å². The molecule has 0 bridgehead atoms. The van der Waals surface area contributed by atoms with Gasteiger partial charge in [0.2, 0.25) is 0 Å². The van der Waals surface area contributed by atoms with Crippen LogP contribution in [-0.4, -0.2) is 19.9 Å². The van der Waals surface area contributed by atoms with Crippen LogP contribution < -0.4 is 0 Å². The minimum atomic E-state index is -0.209. The third-order valence-corrected chi connectivity index (χ3v) is 2.86. The van der Waals surface area contributed by atoms with Gasteiger partial charge in [-0.25, -0.2) is 0 Å². The molecule has 0 amide bonds. The summed E-state index contributed by atoms with van der Waals surface area (Å²) in [4.78, 5) is 0. The maximum absolute atomic E-state index is 9.35. The lowest BCUT2D eigenvalue weighted by Crippen LogP contribution is -2.25. The number of halogens is 1. The molecule has 0 aliphatic carbocycles. The van der Waals surface area contributed by atoms with Gasteiger partial charge in [-0.2, -0.15) is 0 Å². The zero-order chi connectivity index (χ0) is 13.3. The van der Waals surface area contributed by atoms with Crippen LogP contribution in [0.15, 0.2) is 24.3 Å². The molecule has 1 aromatic carbocycles. The number of hydrogen-bond donors (Lipinski definition) is 1. The van der Waals surface area contributed by atoms with Crippen LogP contribution in [0.2, 0.25) is 5.02 Å². The first-order valence-corrected chi connectivity index (χ1v) is 6.13. The molecule has 0 unspecified atom stereocenters. The lowest BCUT2D eigenvalue weighted by Gasteiger charge is -2.24. The molecule has 5 heteroatoms. The fourth-order valence-corrected chi connectivity index (χ4v) is 2.13. The van der Waals surface area contributed by atoms with Crippen molar-refractivity contribution in [1.29, 1.82) is 0 Å². The van der Waals surface area contributed by atoms with Gasteiger partial charge in [0, 0.05) is 16.1 Å². The molecule has 1 aromatic heterocycles. The number of rotatable bonds is 2. The molecule has 0 saturated carbocycles. The van der Waals surface area contributed by atoms with Crippen LogP contribution in [0.1, 0.15) is 26.6 Å². The minimum Gasteiger partial charge on any atom is -0.388 e. The van der Waals surface area contributed by atoms with Gasteiger partial charge in [-0.15, -0.1) is 10.2 Å². The number of nitrogens with zero attached hydrogens (tertiary/aromatic N) is 3. The molecule has 0 spiro atoms. The second kappa shape index (κ2) is 4.71. The first-order valence-electron chi connectivity index (χ1n) is 5.75. The summed E-state index contributed by atoms with van der Waals surface area (Å²) in [6.07, 6.45) is 0. The van der Waals surface area contributed by atoms with Crippen molar-refractivity contribution in [3.05, 3.63) is 35.1 Å². The van der Waals surface area contributed by atoms with Crippen molar-refractivity contribution in [2.45, 2.75) is 32.9 Å². The minimum absolute atomic E-state index is 0.134. The maximum Gasteiger partial charge on any atom is 0.164 e. The lowest BCUT2D eigenvalue weighted by atomic mass is 10.1. The first kappa shape index (κ1) is 13.1. The van der Waals surface area contributed by atoms with E-state index in [1.54, 1.807) is 0 Å².